The lowest BCUT2D eigenvalue weighted by Crippen LogP contribution is -2.09. The molecule has 16 heavy (non-hydrogen) atoms. The molecule has 1 aromatic carbocycles. The second-order valence-electron chi connectivity index (χ2n) is 3.52. The third-order valence-electron chi connectivity index (χ3n) is 2.11. The summed E-state index contributed by atoms with van der Waals surface area (Å²) in [6.45, 7) is 0. The number of aliphatic hydroxyl groups excluding tert-OH is 1. The third kappa shape index (κ3) is 5.46. The standard InChI is InChI=1S/C13H15ClOS/c1-2-3-4-5-12(15)10-16-13-8-6-11(14)7-9-13/h1,6-9,12,15H,3-5,10H2. The van der Waals surface area contributed by atoms with Gasteiger partial charge in [0.2, 0.25) is 0 Å². The molecule has 1 atom stereocenters. The molecule has 0 fully saturated rings. The number of terminal acetylenes is 1. The molecule has 0 saturated carbocycles. The monoisotopic (exact) mass is 254 g/mol. The first-order chi connectivity index (χ1) is 7.72. The van der Waals surface area contributed by atoms with Crippen LogP contribution >= 0.6 is 23.4 Å². The summed E-state index contributed by atoms with van der Waals surface area (Å²) in [4.78, 5) is 1.13. The first kappa shape index (κ1) is 13.4. The van der Waals surface area contributed by atoms with Gasteiger partial charge in [-0.1, -0.05) is 11.6 Å². The molecule has 0 radical (unpaired) electrons. The summed E-state index contributed by atoms with van der Waals surface area (Å²) >= 11 is 7.42. The van der Waals surface area contributed by atoms with E-state index in [1.807, 2.05) is 24.3 Å². The van der Waals surface area contributed by atoms with E-state index in [4.69, 9.17) is 18.0 Å². The predicted molar refractivity (Wildman–Crippen MR) is 70.9 cm³/mol. The Morgan fingerprint density at radius 1 is 1.38 bits per heavy atom. The van der Waals surface area contributed by atoms with Crippen LogP contribution in [0.5, 0.6) is 0 Å². The van der Waals surface area contributed by atoms with Crippen LogP contribution in [0.15, 0.2) is 29.2 Å². The summed E-state index contributed by atoms with van der Waals surface area (Å²) in [6, 6.07) is 7.63. The van der Waals surface area contributed by atoms with Gasteiger partial charge < -0.3 is 5.11 Å². The normalized spacial score (nSPS) is 12.1. The molecule has 0 amide bonds. The van der Waals surface area contributed by atoms with Gasteiger partial charge in [0.05, 0.1) is 6.10 Å². The molecular weight excluding hydrogens is 240 g/mol. The summed E-state index contributed by atoms with van der Waals surface area (Å²) in [5.74, 6) is 3.27. The Morgan fingerprint density at radius 2 is 2.06 bits per heavy atom. The molecular formula is C13H15ClOS. The zero-order valence-corrected chi connectivity index (χ0v) is 10.6. The lowest BCUT2D eigenvalue weighted by molar-refractivity contribution is 0.187. The van der Waals surface area contributed by atoms with Gasteiger partial charge in [0.25, 0.3) is 0 Å². The van der Waals surface area contributed by atoms with Crippen molar-refractivity contribution in [1.82, 2.24) is 0 Å². The molecule has 0 spiro atoms. The van der Waals surface area contributed by atoms with Gasteiger partial charge in [0.1, 0.15) is 0 Å². The maximum absolute atomic E-state index is 9.68. The first-order valence-corrected chi connectivity index (χ1v) is 6.58. The smallest absolute Gasteiger partial charge is 0.0634 e. The fourth-order valence-corrected chi connectivity index (χ4v) is 2.25. The first-order valence-electron chi connectivity index (χ1n) is 5.22. The van der Waals surface area contributed by atoms with Crippen molar-refractivity contribution in [2.75, 3.05) is 5.75 Å². The van der Waals surface area contributed by atoms with Crippen molar-refractivity contribution in [3.63, 3.8) is 0 Å². The maximum Gasteiger partial charge on any atom is 0.0634 e. The van der Waals surface area contributed by atoms with Gasteiger partial charge in [0.15, 0.2) is 0 Å². The Morgan fingerprint density at radius 3 is 2.69 bits per heavy atom. The van der Waals surface area contributed by atoms with Crippen molar-refractivity contribution in [1.29, 1.82) is 0 Å². The third-order valence-corrected chi connectivity index (χ3v) is 3.52. The fourth-order valence-electron chi connectivity index (χ4n) is 1.25. The van der Waals surface area contributed by atoms with E-state index in [2.05, 4.69) is 5.92 Å². The highest BCUT2D eigenvalue weighted by atomic mass is 35.5. The highest BCUT2D eigenvalue weighted by Crippen LogP contribution is 2.21. The summed E-state index contributed by atoms with van der Waals surface area (Å²) in [5, 5.41) is 10.4. The Hall–Kier alpha value is -0.620. The van der Waals surface area contributed by atoms with Crippen molar-refractivity contribution in [2.45, 2.75) is 30.3 Å². The Labute approximate surface area is 106 Å². The molecule has 1 unspecified atom stereocenters. The molecule has 0 aliphatic heterocycles. The van der Waals surface area contributed by atoms with Crippen LogP contribution in [0.3, 0.4) is 0 Å². The van der Waals surface area contributed by atoms with E-state index in [0.29, 0.717) is 5.75 Å². The van der Waals surface area contributed by atoms with Gasteiger partial charge in [-0.25, -0.2) is 0 Å². The molecule has 0 heterocycles. The second kappa shape index (κ2) is 7.62. The number of aliphatic hydroxyl groups is 1. The number of hydrogen-bond donors (Lipinski definition) is 1. The molecule has 86 valence electrons. The van der Waals surface area contributed by atoms with E-state index in [0.717, 1.165) is 29.2 Å². The largest absolute Gasteiger partial charge is 0.392 e. The van der Waals surface area contributed by atoms with Gasteiger partial charge in [-0.3, -0.25) is 0 Å². The maximum atomic E-state index is 9.68. The molecule has 3 heteroatoms. The zero-order valence-electron chi connectivity index (χ0n) is 9.03. The highest BCUT2D eigenvalue weighted by Gasteiger charge is 2.04. The zero-order chi connectivity index (χ0) is 11.8. The van der Waals surface area contributed by atoms with Crippen LogP contribution in [-0.2, 0) is 0 Å². The highest BCUT2D eigenvalue weighted by molar-refractivity contribution is 7.99. The topological polar surface area (TPSA) is 20.2 Å². The molecule has 1 aromatic rings. The number of halogens is 1. The van der Waals surface area contributed by atoms with Crippen molar-refractivity contribution in [3.8, 4) is 12.3 Å². The van der Waals surface area contributed by atoms with E-state index in [9.17, 15) is 5.11 Å². The average Bonchev–Trinajstić information content (AvgIpc) is 2.29. The van der Waals surface area contributed by atoms with E-state index >= 15 is 0 Å². The Bertz CT molecular complexity index is 342. The summed E-state index contributed by atoms with van der Waals surface area (Å²) < 4.78 is 0. The molecule has 0 saturated heterocycles. The minimum absolute atomic E-state index is 0.283. The lowest BCUT2D eigenvalue weighted by atomic mass is 10.2. The van der Waals surface area contributed by atoms with Gasteiger partial charge >= 0.3 is 0 Å². The van der Waals surface area contributed by atoms with Gasteiger partial charge in [-0.05, 0) is 37.1 Å². The van der Waals surface area contributed by atoms with Gasteiger partial charge in [-0.2, -0.15) is 0 Å². The lowest BCUT2D eigenvalue weighted by Gasteiger charge is -2.08. The average molecular weight is 255 g/mol. The number of thioether (sulfide) groups is 1. The van der Waals surface area contributed by atoms with Gasteiger partial charge in [0, 0.05) is 22.1 Å². The molecule has 0 aliphatic rings. The van der Waals surface area contributed by atoms with Crippen LogP contribution in [0, 0.1) is 12.3 Å². The number of benzene rings is 1. The minimum atomic E-state index is -0.283. The van der Waals surface area contributed by atoms with Gasteiger partial charge in [-0.15, -0.1) is 24.1 Å². The Balaban J connectivity index is 2.23. The van der Waals surface area contributed by atoms with Crippen LogP contribution in [0.25, 0.3) is 0 Å². The summed E-state index contributed by atoms with van der Waals surface area (Å²) in [6.07, 6.45) is 7.26. The number of unbranched alkanes of at least 4 members (excludes halogenated alkanes) is 1. The molecule has 0 bridgehead atoms. The number of hydrogen-bond acceptors (Lipinski definition) is 2. The van der Waals surface area contributed by atoms with Crippen LogP contribution in [0.4, 0.5) is 0 Å². The Kier molecular flexibility index (Phi) is 6.40. The van der Waals surface area contributed by atoms with Crippen LogP contribution in [-0.4, -0.2) is 17.0 Å². The second-order valence-corrected chi connectivity index (χ2v) is 5.04. The quantitative estimate of drug-likeness (QED) is 0.476. The molecule has 0 aromatic heterocycles. The molecule has 1 nitrogen and oxygen atoms in total. The van der Waals surface area contributed by atoms with E-state index in [1.165, 1.54) is 0 Å². The summed E-state index contributed by atoms with van der Waals surface area (Å²) in [5.41, 5.74) is 0. The number of rotatable bonds is 6. The molecule has 1 rings (SSSR count). The van der Waals surface area contributed by atoms with Crippen LogP contribution in [0.2, 0.25) is 5.02 Å². The van der Waals surface area contributed by atoms with Crippen molar-refractivity contribution in [3.05, 3.63) is 29.3 Å². The van der Waals surface area contributed by atoms with Crippen molar-refractivity contribution >= 4 is 23.4 Å². The van der Waals surface area contributed by atoms with Crippen molar-refractivity contribution in [2.24, 2.45) is 0 Å². The van der Waals surface area contributed by atoms with Crippen molar-refractivity contribution < 1.29 is 5.11 Å². The van der Waals surface area contributed by atoms with E-state index in [-0.39, 0.29) is 6.10 Å². The molecule has 0 aliphatic carbocycles. The summed E-state index contributed by atoms with van der Waals surface area (Å²) in [7, 11) is 0. The molecule has 1 N–H and O–H groups in total. The minimum Gasteiger partial charge on any atom is -0.392 e. The van der Waals surface area contributed by atoms with Crippen LogP contribution < -0.4 is 0 Å². The fraction of sp³-hybridized carbons (Fsp3) is 0.385. The SMILES string of the molecule is C#CCCCC(O)CSc1ccc(Cl)cc1. The van der Waals surface area contributed by atoms with Crippen LogP contribution in [0.1, 0.15) is 19.3 Å². The van der Waals surface area contributed by atoms with E-state index in [1.54, 1.807) is 11.8 Å². The predicted octanol–water partition coefficient (Wildman–Crippen LogP) is 3.60. The van der Waals surface area contributed by atoms with E-state index < -0.39 is 0 Å².